The van der Waals surface area contributed by atoms with Crippen molar-refractivity contribution in [3.8, 4) is 0 Å². The minimum atomic E-state index is -3.22. The first-order valence-corrected chi connectivity index (χ1v) is 6.63. The zero-order chi connectivity index (χ0) is 11.9. The molecule has 6 heteroatoms. The summed E-state index contributed by atoms with van der Waals surface area (Å²) in [6.45, 7) is 1.75. The van der Waals surface area contributed by atoms with E-state index in [9.17, 15) is 8.42 Å². The largest absolute Gasteiger partial charge is 0.439 e. The molecule has 0 bridgehead atoms. The first-order valence-electron chi connectivity index (χ1n) is 4.74. The Morgan fingerprint density at radius 3 is 2.69 bits per heavy atom. The molecule has 1 unspecified atom stereocenters. The van der Waals surface area contributed by atoms with Crippen molar-refractivity contribution < 1.29 is 12.8 Å². The highest BCUT2D eigenvalue weighted by Crippen LogP contribution is 2.21. The Morgan fingerprint density at radius 2 is 2.12 bits per heavy atom. The molecule has 16 heavy (non-hydrogen) atoms. The van der Waals surface area contributed by atoms with Gasteiger partial charge in [-0.1, -0.05) is 0 Å². The number of rotatable bonds is 2. The Hall–Kier alpha value is -1.40. The van der Waals surface area contributed by atoms with E-state index in [0.717, 1.165) is 6.26 Å². The number of hydrogen-bond acceptors (Lipinski definition) is 5. The molecular formula is C10H12N2O3S. The lowest BCUT2D eigenvalue weighted by atomic mass is 10.3. The summed E-state index contributed by atoms with van der Waals surface area (Å²) in [7, 11) is -3.22. The third kappa shape index (κ3) is 1.94. The number of oxazole rings is 1. The fourth-order valence-corrected chi connectivity index (χ4v) is 1.99. The second kappa shape index (κ2) is 3.57. The van der Waals surface area contributed by atoms with Crippen molar-refractivity contribution in [1.29, 1.82) is 0 Å². The molecule has 2 rings (SSSR count). The van der Waals surface area contributed by atoms with E-state index >= 15 is 0 Å². The van der Waals surface area contributed by atoms with Crippen molar-refractivity contribution in [2.45, 2.75) is 17.9 Å². The molecule has 0 radical (unpaired) electrons. The molecule has 1 aromatic heterocycles. The molecule has 1 atom stereocenters. The number of aromatic nitrogens is 1. The van der Waals surface area contributed by atoms with Gasteiger partial charge in [-0.25, -0.2) is 13.4 Å². The highest BCUT2D eigenvalue weighted by molar-refractivity contribution is 7.90. The maximum atomic E-state index is 11.3. The van der Waals surface area contributed by atoms with Crippen LogP contribution in [0.3, 0.4) is 0 Å². The summed E-state index contributed by atoms with van der Waals surface area (Å²) in [5.41, 5.74) is 6.68. The predicted octanol–water partition coefficient (Wildman–Crippen LogP) is 1.25. The maximum absolute atomic E-state index is 11.3. The van der Waals surface area contributed by atoms with Crippen LogP contribution in [0.1, 0.15) is 18.9 Å². The Labute approximate surface area is 93.2 Å². The molecule has 0 spiro atoms. The van der Waals surface area contributed by atoms with E-state index in [1.54, 1.807) is 13.0 Å². The quantitative estimate of drug-likeness (QED) is 0.853. The van der Waals surface area contributed by atoms with Crippen LogP contribution in [0.25, 0.3) is 11.1 Å². The van der Waals surface area contributed by atoms with Crippen LogP contribution in [0.4, 0.5) is 0 Å². The van der Waals surface area contributed by atoms with E-state index in [1.807, 2.05) is 0 Å². The Kier molecular flexibility index (Phi) is 2.47. The molecule has 0 aliphatic rings. The van der Waals surface area contributed by atoms with Crippen LogP contribution < -0.4 is 5.73 Å². The van der Waals surface area contributed by atoms with Crippen LogP contribution in [-0.2, 0) is 9.84 Å². The molecule has 0 fully saturated rings. The molecule has 0 saturated carbocycles. The molecule has 1 heterocycles. The summed E-state index contributed by atoms with van der Waals surface area (Å²) in [6, 6.07) is 4.26. The lowest BCUT2D eigenvalue weighted by Gasteiger charge is -1.95. The molecule has 2 N–H and O–H groups in total. The van der Waals surface area contributed by atoms with Crippen LogP contribution in [0, 0.1) is 0 Å². The van der Waals surface area contributed by atoms with E-state index < -0.39 is 9.84 Å². The van der Waals surface area contributed by atoms with Gasteiger partial charge in [0.15, 0.2) is 15.4 Å². The third-order valence-corrected chi connectivity index (χ3v) is 3.30. The summed E-state index contributed by atoms with van der Waals surface area (Å²) in [6.07, 6.45) is 1.15. The number of fused-ring (bicyclic) bond motifs is 1. The van der Waals surface area contributed by atoms with Gasteiger partial charge in [-0.3, -0.25) is 0 Å². The number of sulfone groups is 1. The number of nitrogens with zero attached hydrogens (tertiary/aromatic N) is 1. The van der Waals surface area contributed by atoms with Crippen molar-refractivity contribution >= 4 is 20.9 Å². The maximum Gasteiger partial charge on any atom is 0.212 e. The van der Waals surface area contributed by atoms with Gasteiger partial charge in [-0.05, 0) is 25.1 Å². The molecular weight excluding hydrogens is 228 g/mol. The lowest BCUT2D eigenvalue weighted by molar-refractivity contribution is 0.492. The van der Waals surface area contributed by atoms with Crippen molar-refractivity contribution in [3.05, 3.63) is 24.1 Å². The van der Waals surface area contributed by atoms with Gasteiger partial charge in [0.25, 0.3) is 0 Å². The summed E-state index contributed by atoms with van der Waals surface area (Å²) in [5.74, 6) is 0.403. The Balaban J connectivity index is 2.63. The molecule has 0 aliphatic heterocycles. The average Bonchev–Trinajstić information content (AvgIpc) is 2.58. The lowest BCUT2D eigenvalue weighted by Crippen LogP contribution is -2.04. The van der Waals surface area contributed by atoms with E-state index in [0.29, 0.717) is 17.0 Å². The average molecular weight is 240 g/mol. The van der Waals surface area contributed by atoms with Gasteiger partial charge in [0.1, 0.15) is 5.52 Å². The van der Waals surface area contributed by atoms with Gasteiger partial charge >= 0.3 is 0 Å². The van der Waals surface area contributed by atoms with Crippen molar-refractivity contribution in [1.82, 2.24) is 4.98 Å². The van der Waals surface area contributed by atoms with Gasteiger partial charge in [0, 0.05) is 6.26 Å². The van der Waals surface area contributed by atoms with Crippen molar-refractivity contribution in [2.75, 3.05) is 6.26 Å². The molecule has 2 aromatic rings. The Morgan fingerprint density at radius 1 is 1.44 bits per heavy atom. The molecule has 5 nitrogen and oxygen atoms in total. The highest BCUT2D eigenvalue weighted by atomic mass is 32.2. The molecule has 1 aromatic carbocycles. The summed E-state index contributed by atoms with van der Waals surface area (Å²) < 4.78 is 28.0. The van der Waals surface area contributed by atoms with Crippen molar-refractivity contribution in [2.24, 2.45) is 5.73 Å². The van der Waals surface area contributed by atoms with Crippen LogP contribution in [0.15, 0.2) is 27.5 Å². The summed E-state index contributed by atoms with van der Waals surface area (Å²) >= 11 is 0. The molecule has 0 aliphatic carbocycles. The van der Waals surface area contributed by atoms with Gasteiger partial charge in [-0.15, -0.1) is 0 Å². The minimum absolute atomic E-state index is 0.226. The van der Waals surface area contributed by atoms with E-state index in [2.05, 4.69) is 4.98 Å². The topological polar surface area (TPSA) is 86.2 Å². The molecule has 0 saturated heterocycles. The molecule has 0 amide bonds. The van der Waals surface area contributed by atoms with Gasteiger partial charge in [0.05, 0.1) is 10.9 Å². The van der Waals surface area contributed by atoms with E-state index in [-0.39, 0.29) is 10.9 Å². The second-order valence-corrected chi connectivity index (χ2v) is 5.76. The fourth-order valence-electron chi connectivity index (χ4n) is 1.35. The second-order valence-electron chi connectivity index (χ2n) is 3.74. The zero-order valence-electron chi connectivity index (χ0n) is 8.97. The smallest absolute Gasteiger partial charge is 0.212 e. The predicted molar refractivity (Wildman–Crippen MR) is 59.7 cm³/mol. The number of hydrogen-bond donors (Lipinski definition) is 1. The first-order chi connectivity index (χ1) is 7.38. The minimum Gasteiger partial charge on any atom is -0.439 e. The van der Waals surface area contributed by atoms with Crippen LogP contribution in [0.5, 0.6) is 0 Å². The van der Waals surface area contributed by atoms with Gasteiger partial charge in [0.2, 0.25) is 5.89 Å². The van der Waals surface area contributed by atoms with E-state index in [4.69, 9.17) is 10.2 Å². The third-order valence-electron chi connectivity index (χ3n) is 2.19. The molecule has 86 valence electrons. The van der Waals surface area contributed by atoms with Crippen molar-refractivity contribution in [3.63, 3.8) is 0 Å². The highest BCUT2D eigenvalue weighted by Gasteiger charge is 2.13. The standard InChI is InChI=1S/C10H12N2O3S/c1-6(11)10-12-8-5-7(16(2,13)14)3-4-9(8)15-10/h3-6H,11H2,1-2H3. The SMILES string of the molecule is CC(N)c1nc2cc(S(C)(=O)=O)ccc2o1. The van der Waals surface area contributed by atoms with E-state index in [1.165, 1.54) is 12.1 Å². The summed E-state index contributed by atoms with van der Waals surface area (Å²) in [4.78, 5) is 4.36. The van der Waals surface area contributed by atoms with Gasteiger partial charge in [-0.2, -0.15) is 0 Å². The first kappa shape index (κ1) is 11.1. The van der Waals surface area contributed by atoms with Crippen LogP contribution >= 0.6 is 0 Å². The summed E-state index contributed by atoms with van der Waals surface area (Å²) in [5, 5.41) is 0. The number of benzene rings is 1. The zero-order valence-corrected chi connectivity index (χ0v) is 9.78. The number of nitrogens with two attached hydrogens (primary N) is 1. The van der Waals surface area contributed by atoms with Crippen LogP contribution in [-0.4, -0.2) is 19.7 Å². The van der Waals surface area contributed by atoms with Crippen LogP contribution in [0.2, 0.25) is 0 Å². The Bertz CT molecular complexity index is 629. The normalized spacial score (nSPS) is 14.2. The fraction of sp³-hybridized carbons (Fsp3) is 0.300. The monoisotopic (exact) mass is 240 g/mol. The van der Waals surface area contributed by atoms with Gasteiger partial charge < -0.3 is 10.2 Å².